The minimum atomic E-state index is -2.71. The third-order valence-electron chi connectivity index (χ3n) is 1.66. The molecule has 1 unspecified atom stereocenters. The molecule has 0 rings (SSSR count). The number of hydrogen-bond acceptors (Lipinski definition) is 3. The van der Waals surface area contributed by atoms with Gasteiger partial charge in [0.2, 0.25) is 0 Å². The summed E-state index contributed by atoms with van der Waals surface area (Å²) in [5, 5.41) is 0. The van der Waals surface area contributed by atoms with Crippen molar-refractivity contribution in [3.63, 3.8) is 0 Å². The van der Waals surface area contributed by atoms with E-state index in [1.807, 2.05) is 0 Å². The summed E-state index contributed by atoms with van der Waals surface area (Å²) < 4.78 is 14.7. The van der Waals surface area contributed by atoms with Crippen LogP contribution in [0.4, 0.5) is 0 Å². The van der Waals surface area contributed by atoms with Crippen molar-refractivity contribution in [3.8, 4) is 0 Å². The summed E-state index contributed by atoms with van der Waals surface area (Å²) in [7, 11) is -2.71. The van der Waals surface area contributed by atoms with Crippen LogP contribution < -0.4 is 0 Å². The molecule has 0 aromatic rings. The Labute approximate surface area is 85.2 Å². The van der Waals surface area contributed by atoms with Gasteiger partial charge in [-0.1, -0.05) is 32.6 Å². The third-order valence-corrected chi connectivity index (χ3v) is 3.12. The molecule has 0 fully saturated rings. The Balaban J connectivity index is 2.87. The molecule has 0 aromatic carbocycles. The van der Waals surface area contributed by atoms with Gasteiger partial charge in [0, 0.05) is 0 Å². The van der Waals surface area contributed by atoms with E-state index in [1.54, 1.807) is 11.8 Å². The second kappa shape index (κ2) is 10.6. The van der Waals surface area contributed by atoms with E-state index in [9.17, 15) is 4.57 Å². The molecule has 0 aliphatic heterocycles. The Hall–Kier alpha value is 0.500. The molecule has 0 aliphatic rings. The summed E-state index contributed by atoms with van der Waals surface area (Å²) in [5.74, 6) is 1.38. The normalized spacial score (nSPS) is 13.1. The molecule has 80 valence electrons. The van der Waals surface area contributed by atoms with Crippen LogP contribution in [0.25, 0.3) is 0 Å². The van der Waals surface area contributed by atoms with Crippen LogP contribution in [0.5, 0.6) is 0 Å². The Morgan fingerprint density at radius 1 is 1.31 bits per heavy atom. The summed E-state index contributed by atoms with van der Waals surface area (Å²) in [6.45, 7) is 2.20. The first-order valence-corrected chi connectivity index (χ1v) is 7.12. The first-order valence-electron chi connectivity index (χ1n) is 4.70. The molecule has 1 N–H and O–H groups in total. The van der Waals surface area contributed by atoms with Gasteiger partial charge in [0.15, 0.2) is 0 Å². The standard InChI is InChI=1S/C8H19O3PS/c1-2-3-4-5-6-7-13-8-11-12(9)10/h12H,2-8H2,1H3,(H,9,10). The average Bonchev–Trinajstić information content (AvgIpc) is 2.09. The van der Waals surface area contributed by atoms with Crippen molar-refractivity contribution in [2.45, 2.75) is 39.0 Å². The Morgan fingerprint density at radius 3 is 2.62 bits per heavy atom. The van der Waals surface area contributed by atoms with E-state index in [1.165, 1.54) is 32.1 Å². The molecule has 5 heteroatoms. The average molecular weight is 226 g/mol. The maximum Gasteiger partial charge on any atom is 0.317 e. The summed E-state index contributed by atoms with van der Waals surface area (Å²) in [6.07, 6.45) is 6.32. The highest BCUT2D eigenvalue weighted by atomic mass is 32.2. The van der Waals surface area contributed by atoms with Gasteiger partial charge in [0.1, 0.15) is 5.94 Å². The fourth-order valence-corrected chi connectivity index (χ4v) is 2.22. The second-order valence-electron chi connectivity index (χ2n) is 2.85. The lowest BCUT2D eigenvalue weighted by atomic mass is 10.2. The van der Waals surface area contributed by atoms with E-state index in [2.05, 4.69) is 11.4 Å². The minimum Gasteiger partial charge on any atom is -0.326 e. The van der Waals surface area contributed by atoms with E-state index in [4.69, 9.17) is 4.89 Å². The maximum absolute atomic E-state index is 10.1. The fraction of sp³-hybridized carbons (Fsp3) is 1.00. The molecule has 0 aliphatic carbocycles. The quantitative estimate of drug-likeness (QED) is 0.373. The van der Waals surface area contributed by atoms with Crippen LogP contribution in [0.3, 0.4) is 0 Å². The molecule has 0 spiro atoms. The van der Waals surface area contributed by atoms with Crippen LogP contribution in [0.15, 0.2) is 0 Å². The topological polar surface area (TPSA) is 46.5 Å². The molecule has 0 saturated carbocycles. The van der Waals surface area contributed by atoms with Crippen molar-refractivity contribution < 1.29 is 14.0 Å². The summed E-state index contributed by atoms with van der Waals surface area (Å²) >= 11 is 1.58. The predicted molar refractivity (Wildman–Crippen MR) is 58.4 cm³/mol. The number of rotatable bonds is 9. The number of unbranched alkanes of at least 4 members (excludes halogenated alkanes) is 4. The van der Waals surface area contributed by atoms with Crippen LogP contribution in [-0.4, -0.2) is 16.6 Å². The second-order valence-corrected chi connectivity index (χ2v) is 4.72. The molecule has 0 bridgehead atoms. The van der Waals surface area contributed by atoms with Gasteiger partial charge in [0.25, 0.3) is 0 Å². The molecule has 0 saturated heterocycles. The highest BCUT2D eigenvalue weighted by Gasteiger charge is 1.93. The lowest BCUT2D eigenvalue weighted by Gasteiger charge is -2.00. The minimum absolute atomic E-state index is 0.349. The molecule has 0 heterocycles. The van der Waals surface area contributed by atoms with E-state index < -0.39 is 8.25 Å². The highest BCUT2D eigenvalue weighted by Crippen LogP contribution is 2.18. The Bertz CT molecular complexity index is 133. The zero-order valence-corrected chi connectivity index (χ0v) is 9.94. The first-order chi connectivity index (χ1) is 6.27. The van der Waals surface area contributed by atoms with Gasteiger partial charge in [-0.25, -0.2) is 0 Å². The molecular formula is C8H19O3PS. The molecule has 3 nitrogen and oxygen atoms in total. The lowest BCUT2D eigenvalue weighted by molar-refractivity contribution is 0.331. The zero-order valence-electron chi connectivity index (χ0n) is 8.12. The van der Waals surface area contributed by atoms with Crippen LogP contribution in [0.2, 0.25) is 0 Å². The van der Waals surface area contributed by atoms with Gasteiger partial charge in [-0.2, -0.15) is 0 Å². The third kappa shape index (κ3) is 12.5. The highest BCUT2D eigenvalue weighted by molar-refractivity contribution is 7.99. The van der Waals surface area contributed by atoms with Gasteiger partial charge in [-0.15, -0.1) is 11.8 Å². The van der Waals surface area contributed by atoms with Crippen molar-refractivity contribution in [3.05, 3.63) is 0 Å². The zero-order chi connectivity index (χ0) is 9.94. The molecule has 0 radical (unpaired) electrons. The largest absolute Gasteiger partial charge is 0.326 e. The Kier molecular flexibility index (Phi) is 11.0. The van der Waals surface area contributed by atoms with E-state index >= 15 is 0 Å². The number of thioether (sulfide) groups is 1. The fourth-order valence-electron chi connectivity index (χ4n) is 0.959. The van der Waals surface area contributed by atoms with E-state index in [-0.39, 0.29) is 0 Å². The molecule has 0 aromatic heterocycles. The summed E-state index contributed by atoms with van der Waals surface area (Å²) in [5.41, 5.74) is 0. The van der Waals surface area contributed by atoms with Crippen molar-refractivity contribution in [2.75, 3.05) is 11.7 Å². The van der Waals surface area contributed by atoms with Gasteiger partial charge >= 0.3 is 8.25 Å². The van der Waals surface area contributed by atoms with Crippen molar-refractivity contribution in [1.82, 2.24) is 0 Å². The van der Waals surface area contributed by atoms with Gasteiger partial charge in [0.05, 0.1) is 0 Å². The number of hydrogen-bond donors (Lipinski definition) is 1. The smallest absolute Gasteiger partial charge is 0.317 e. The Morgan fingerprint density at radius 2 is 2.00 bits per heavy atom. The maximum atomic E-state index is 10.1. The van der Waals surface area contributed by atoms with Gasteiger partial charge < -0.3 is 4.89 Å². The predicted octanol–water partition coefficient (Wildman–Crippen LogP) is 3.05. The molecular weight excluding hydrogens is 207 g/mol. The van der Waals surface area contributed by atoms with Crippen LogP contribution in [0, 0.1) is 0 Å². The first kappa shape index (κ1) is 13.5. The summed E-state index contributed by atoms with van der Waals surface area (Å²) in [6, 6.07) is 0. The SMILES string of the molecule is CCCCCCCSCO[PH](=O)O. The van der Waals surface area contributed by atoms with E-state index in [0.29, 0.717) is 5.94 Å². The van der Waals surface area contributed by atoms with Gasteiger partial charge in [-0.3, -0.25) is 9.09 Å². The van der Waals surface area contributed by atoms with Crippen molar-refractivity contribution in [1.29, 1.82) is 0 Å². The van der Waals surface area contributed by atoms with Gasteiger partial charge in [-0.05, 0) is 12.2 Å². The monoisotopic (exact) mass is 226 g/mol. The van der Waals surface area contributed by atoms with Crippen molar-refractivity contribution in [2.24, 2.45) is 0 Å². The van der Waals surface area contributed by atoms with Crippen LogP contribution >= 0.6 is 20.0 Å². The molecule has 0 amide bonds. The summed E-state index contributed by atoms with van der Waals surface area (Å²) in [4.78, 5) is 8.34. The van der Waals surface area contributed by atoms with E-state index in [0.717, 1.165) is 5.75 Å². The lowest BCUT2D eigenvalue weighted by Crippen LogP contribution is -1.85. The molecule has 1 atom stereocenters. The van der Waals surface area contributed by atoms with Crippen LogP contribution in [-0.2, 0) is 9.09 Å². The molecule has 13 heavy (non-hydrogen) atoms. The van der Waals surface area contributed by atoms with Crippen molar-refractivity contribution >= 4 is 20.0 Å². The van der Waals surface area contributed by atoms with Crippen LogP contribution in [0.1, 0.15) is 39.0 Å².